The van der Waals surface area contributed by atoms with Gasteiger partial charge in [-0.3, -0.25) is 4.79 Å². The van der Waals surface area contributed by atoms with E-state index in [1.54, 1.807) is 26.4 Å². The minimum Gasteiger partial charge on any atom is -0.493 e. The lowest BCUT2D eigenvalue weighted by molar-refractivity contribution is -0.151. The van der Waals surface area contributed by atoms with Gasteiger partial charge in [0.15, 0.2) is 23.0 Å². The average Bonchev–Trinajstić information content (AvgIpc) is 3.13. The molecule has 1 amide bonds. The average molecular weight is 668 g/mol. The number of carboxylic acid groups (broad SMARTS) is 1. The molecule has 0 aliphatic carbocycles. The first-order valence-electron chi connectivity index (χ1n) is 16.8. The first-order chi connectivity index (χ1) is 23.2. The first-order valence-corrected chi connectivity index (χ1v) is 16.8. The van der Waals surface area contributed by atoms with Crippen LogP contribution in [0.1, 0.15) is 75.6 Å². The van der Waals surface area contributed by atoms with E-state index in [9.17, 15) is 14.7 Å². The number of carbonyl (C=O) groups excluding carboxylic acids is 1. The Labute approximate surface area is 288 Å². The van der Waals surface area contributed by atoms with Gasteiger partial charge in [0.05, 0.1) is 42.0 Å². The van der Waals surface area contributed by atoms with Crippen molar-refractivity contribution in [3.05, 3.63) is 76.9 Å². The molecule has 1 atom stereocenters. The maximum Gasteiger partial charge on any atom is 0.326 e. The number of piperidine rings is 1. The highest BCUT2D eigenvalue weighted by Gasteiger charge is 2.32. The molecule has 3 aromatic carbocycles. The van der Waals surface area contributed by atoms with Gasteiger partial charge in [-0.1, -0.05) is 63.6 Å². The highest BCUT2D eigenvalue weighted by molar-refractivity contribution is 5.85. The van der Waals surface area contributed by atoms with Crippen LogP contribution in [0.15, 0.2) is 54.6 Å². The topological polar surface area (TPSA) is 104 Å². The second-order valence-electron chi connectivity index (χ2n) is 10.7. The van der Waals surface area contributed by atoms with E-state index >= 15 is 0 Å². The first kappa shape index (κ1) is 41.6. The van der Waals surface area contributed by atoms with E-state index in [4.69, 9.17) is 23.7 Å². The van der Waals surface area contributed by atoms with Crippen LogP contribution in [0.5, 0.6) is 28.7 Å². The Morgan fingerprint density at radius 2 is 1.27 bits per heavy atom. The van der Waals surface area contributed by atoms with Gasteiger partial charge in [0, 0.05) is 6.54 Å². The van der Waals surface area contributed by atoms with Gasteiger partial charge in [-0.15, -0.1) is 0 Å². The number of carboxylic acids is 1. The smallest absolute Gasteiger partial charge is 0.326 e. The maximum absolute atomic E-state index is 12.6. The Hall–Kier alpha value is -4.40. The molecule has 1 aliphatic heterocycles. The molecular weight excluding hydrogens is 610 g/mol. The Kier molecular flexibility index (Phi) is 20.0. The fourth-order valence-electron chi connectivity index (χ4n) is 5.40. The third kappa shape index (κ3) is 12.7. The molecule has 1 N–H and O–H groups in total. The van der Waals surface area contributed by atoms with E-state index in [0.29, 0.717) is 35.8 Å². The third-order valence-corrected chi connectivity index (χ3v) is 7.65. The number of aryl methyl sites for hydroxylation is 3. The summed E-state index contributed by atoms with van der Waals surface area (Å²) in [4.78, 5) is 25.4. The highest BCUT2D eigenvalue weighted by atomic mass is 16.5. The van der Waals surface area contributed by atoms with Gasteiger partial charge in [0.1, 0.15) is 6.04 Å². The lowest BCUT2D eigenvalue weighted by Gasteiger charge is -2.33. The molecule has 0 saturated carbocycles. The number of amides is 1. The largest absolute Gasteiger partial charge is 0.493 e. The quantitative estimate of drug-likeness (QED) is 0.208. The van der Waals surface area contributed by atoms with Crippen LogP contribution in [0.4, 0.5) is 0 Å². The molecular formula is C39H57NO8. The Balaban J connectivity index is 0.000000440. The van der Waals surface area contributed by atoms with E-state index < -0.39 is 12.0 Å². The minimum absolute atomic E-state index is 0.0838. The molecule has 0 spiro atoms. The number of likely N-dealkylation sites (tertiary alicyclic amines) is 1. The predicted octanol–water partition coefficient (Wildman–Crippen LogP) is 7.96. The minimum atomic E-state index is -0.951. The van der Waals surface area contributed by atoms with E-state index in [0.717, 1.165) is 43.6 Å². The summed E-state index contributed by atoms with van der Waals surface area (Å²) in [7, 11) is 7.86. The molecule has 3 aromatic rings. The van der Waals surface area contributed by atoms with E-state index in [1.165, 1.54) is 42.9 Å². The number of benzene rings is 3. The van der Waals surface area contributed by atoms with Crippen molar-refractivity contribution in [2.45, 2.75) is 85.6 Å². The summed E-state index contributed by atoms with van der Waals surface area (Å²) in [6.45, 7) is 10.6. The number of rotatable bonds is 12. The van der Waals surface area contributed by atoms with Gasteiger partial charge in [0.25, 0.3) is 0 Å². The molecule has 1 fully saturated rings. The zero-order valence-corrected chi connectivity index (χ0v) is 30.7. The lowest BCUT2D eigenvalue weighted by Crippen LogP contribution is -2.48. The zero-order valence-electron chi connectivity index (χ0n) is 30.7. The summed E-state index contributed by atoms with van der Waals surface area (Å²) < 4.78 is 26.4. The summed E-state index contributed by atoms with van der Waals surface area (Å²) >= 11 is 0. The van der Waals surface area contributed by atoms with Gasteiger partial charge < -0.3 is 33.7 Å². The predicted molar refractivity (Wildman–Crippen MR) is 192 cm³/mol. The SMILES string of the molecule is CC.CC.COc1cc(CC(=O)N2CCCCC2C(=O)O)cc(OC)c1OC.COc1ccc(CCCc2cccc(C)c2)cc1OC. The van der Waals surface area contributed by atoms with Crippen LogP contribution in [0, 0.1) is 6.92 Å². The van der Waals surface area contributed by atoms with Crippen LogP contribution in [0.2, 0.25) is 0 Å². The summed E-state index contributed by atoms with van der Waals surface area (Å²) in [5, 5.41) is 9.31. The van der Waals surface area contributed by atoms with Crippen molar-refractivity contribution in [3.63, 3.8) is 0 Å². The van der Waals surface area contributed by atoms with Crippen molar-refractivity contribution in [2.24, 2.45) is 0 Å². The van der Waals surface area contributed by atoms with Crippen LogP contribution < -0.4 is 23.7 Å². The summed E-state index contributed by atoms with van der Waals surface area (Å²) in [5.74, 6) is 1.82. The summed E-state index contributed by atoms with van der Waals surface area (Å²) in [6.07, 6.45) is 5.52. The van der Waals surface area contributed by atoms with Gasteiger partial charge >= 0.3 is 5.97 Å². The van der Waals surface area contributed by atoms with Crippen molar-refractivity contribution < 1.29 is 38.4 Å². The molecule has 4 rings (SSSR count). The Morgan fingerprint density at radius 1 is 0.708 bits per heavy atom. The second kappa shape index (κ2) is 23.0. The number of carbonyl (C=O) groups is 2. The normalized spacial score (nSPS) is 13.2. The molecule has 266 valence electrons. The highest BCUT2D eigenvalue weighted by Crippen LogP contribution is 2.38. The molecule has 1 saturated heterocycles. The van der Waals surface area contributed by atoms with Crippen molar-refractivity contribution >= 4 is 11.9 Å². The number of nitrogens with zero attached hydrogens (tertiary/aromatic N) is 1. The number of hydrogen-bond acceptors (Lipinski definition) is 7. The molecule has 48 heavy (non-hydrogen) atoms. The van der Waals surface area contributed by atoms with Crippen LogP contribution in [-0.2, 0) is 28.9 Å². The maximum atomic E-state index is 12.6. The van der Waals surface area contributed by atoms with Gasteiger partial charge in [-0.25, -0.2) is 4.79 Å². The molecule has 0 radical (unpaired) electrons. The molecule has 0 bridgehead atoms. The molecule has 1 unspecified atom stereocenters. The Morgan fingerprint density at radius 3 is 1.79 bits per heavy atom. The van der Waals surface area contributed by atoms with E-state index in [1.807, 2.05) is 33.8 Å². The van der Waals surface area contributed by atoms with Gasteiger partial charge in [-0.2, -0.15) is 0 Å². The fraction of sp³-hybridized carbons (Fsp3) is 0.487. The van der Waals surface area contributed by atoms with Gasteiger partial charge in [0.2, 0.25) is 11.7 Å². The zero-order chi connectivity index (χ0) is 36.1. The monoisotopic (exact) mass is 667 g/mol. The third-order valence-electron chi connectivity index (χ3n) is 7.65. The molecule has 1 aliphatic rings. The molecule has 9 heteroatoms. The number of methoxy groups -OCH3 is 5. The standard InChI is InChI=1S/C18H22O2.C17H23NO6.2C2H6/c1-14-6-4-7-15(12-14)8-5-9-16-10-11-17(19-2)18(13-16)20-3;1-22-13-8-11(9-14(23-2)16(13)24-3)10-15(19)18-7-5-4-6-12(18)17(20)21;2*1-2/h4,6-7,10-13H,5,8-9H2,1-3H3;8-9,12H,4-7,10H2,1-3H3,(H,20,21);2*1-2H3. The number of ether oxygens (including phenoxy) is 5. The molecule has 1 heterocycles. The van der Waals surface area contributed by atoms with Crippen molar-refractivity contribution in [1.82, 2.24) is 4.90 Å². The van der Waals surface area contributed by atoms with Crippen molar-refractivity contribution in [3.8, 4) is 28.7 Å². The van der Waals surface area contributed by atoms with Crippen LogP contribution in [-0.4, -0.2) is 70.0 Å². The summed E-state index contributed by atoms with van der Waals surface area (Å²) in [6, 6.07) is 17.5. The fourth-order valence-corrected chi connectivity index (χ4v) is 5.40. The number of hydrogen-bond donors (Lipinski definition) is 1. The summed E-state index contributed by atoms with van der Waals surface area (Å²) in [5.41, 5.74) is 4.71. The van der Waals surface area contributed by atoms with Crippen LogP contribution in [0.25, 0.3) is 0 Å². The van der Waals surface area contributed by atoms with Crippen LogP contribution in [0.3, 0.4) is 0 Å². The van der Waals surface area contributed by atoms with E-state index in [2.05, 4.69) is 43.3 Å². The van der Waals surface area contributed by atoms with Crippen LogP contribution >= 0.6 is 0 Å². The molecule has 0 aromatic heterocycles. The van der Waals surface area contributed by atoms with E-state index in [-0.39, 0.29) is 12.3 Å². The Bertz CT molecular complexity index is 1370. The number of aliphatic carboxylic acids is 1. The van der Waals surface area contributed by atoms with Gasteiger partial charge in [-0.05, 0) is 86.4 Å². The van der Waals surface area contributed by atoms with Crippen molar-refractivity contribution in [1.29, 1.82) is 0 Å². The van der Waals surface area contributed by atoms with Crippen molar-refractivity contribution in [2.75, 3.05) is 42.1 Å². The lowest BCUT2D eigenvalue weighted by atomic mass is 10.0. The molecule has 9 nitrogen and oxygen atoms in total. The second-order valence-corrected chi connectivity index (χ2v) is 10.7.